The zero-order valence-corrected chi connectivity index (χ0v) is 13.1. The molecule has 4 heteroatoms. The molecule has 0 saturated carbocycles. The molecule has 0 fully saturated rings. The van der Waals surface area contributed by atoms with E-state index in [0.29, 0.717) is 24.3 Å². The van der Waals surface area contributed by atoms with Crippen molar-refractivity contribution < 1.29 is 4.92 Å². The molecule has 0 aliphatic carbocycles. The number of rotatable bonds is 7. The van der Waals surface area contributed by atoms with Gasteiger partial charge in [-0.05, 0) is 36.8 Å². The summed E-state index contributed by atoms with van der Waals surface area (Å²) in [5.41, 5.74) is 1.97. The van der Waals surface area contributed by atoms with Crippen molar-refractivity contribution in [1.29, 1.82) is 0 Å². The lowest BCUT2D eigenvalue weighted by atomic mass is 9.85. The van der Waals surface area contributed by atoms with Gasteiger partial charge in [0.05, 0.1) is 4.92 Å². The number of nitrogens with one attached hydrogen (secondary N) is 1. The summed E-state index contributed by atoms with van der Waals surface area (Å²) in [4.78, 5) is 10.6. The third-order valence-corrected chi connectivity index (χ3v) is 4.02. The van der Waals surface area contributed by atoms with Gasteiger partial charge in [-0.25, -0.2) is 0 Å². The van der Waals surface area contributed by atoms with E-state index < -0.39 is 0 Å². The van der Waals surface area contributed by atoms with Crippen molar-refractivity contribution in [3.05, 3.63) is 39.4 Å². The molecule has 0 radical (unpaired) electrons. The molecule has 0 saturated heterocycles. The first-order chi connectivity index (χ1) is 9.34. The van der Waals surface area contributed by atoms with E-state index in [9.17, 15) is 10.1 Å². The van der Waals surface area contributed by atoms with Crippen LogP contribution in [0.4, 0.5) is 5.69 Å². The average Bonchev–Trinajstić information content (AvgIpc) is 2.34. The van der Waals surface area contributed by atoms with Gasteiger partial charge < -0.3 is 5.32 Å². The van der Waals surface area contributed by atoms with Crippen molar-refractivity contribution in [2.45, 2.75) is 41.2 Å². The molecule has 0 unspecified atom stereocenters. The quantitative estimate of drug-likeness (QED) is 0.607. The van der Waals surface area contributed by atoms with Crippen LogP contribution in [0, 0.1) is 34.8 Å². The van der Waals surface area contributed by atoms with Gasteiger partial charge in [-0.15, -0.1) is 0 Å². The molecule has 0 bridgehead atoms. The number of hydrogen-bond donors (Lipinski definition) is 1. The number of nitro groups is 1. The second-order valence-corrected chi connectivity index (χ2v) is 6.10. The highest BCUT2D eigenvalue weighted by Crippen LogP contribution is 2.22. The van der Waals surface area contributed by atoms with Crippen LogP contribution in [-0.4, -0.2) is 11.5 Å². The summed E-state index contributed by atoms with van der Waals surface area (Å²) in [7, 11) is 0. The molecule has 20 heavy (non-hydrogen) atoms. The molecule has 0 aliphatic rings. The lowest BCUT2D eigenvalue weighted by molar-refractivity contribution is -0.385. The van der Waals surface area contributed by atoms with Crippen LogP contribution < -0.4 is 5.32 Å². The van der Waals surface area contributed by atoms with Gasteiger partial charge in [0.2, 0.25) is 0 Å². The predicted octanol–water partition coefficient (Wildman–Crippen LogP) is 3.92. The van der Waals surface area contributed by atoms with Crippen LogP contribution in [0.15, 0.2) is 18.2 Å². The van der Waals surface area contributed by atoms with Gasteiger partial charge in [0.1, 0.15) is 0 Å². The van der Waals surface area contributed by atoms with Crippen LogP contribution in [0.1, 0.15) is 38.8 Å². The molecule has 112 valence electrons. The maximum absolute atomic E-state index is 10.9. The van der Waals surface area contributed by atoms with Crippen LogP contribution in [0.25, 0.3) is 0 Å². The minimum absolute atomic E-state index is 0.202. The molecule has 1 N–H and O–H groups in total. The number of hydrogen-bond acceptors (Lipinski definition) is 3. The molecule has 0 spiro atoms. The highest BCUT2D eigenvalue weighted by Gasteiger charge is 2.17. The van der Waals surface area contributed by atoms with Crippen LogP contribution in [-0.2, 0) is 6.54 Å². The summed E-state index contributed by atoms with van der Waals surface area (Å²) < 4.78 is 0. The molecule has 0 aliphatic heterocycles. The maximum atomic E-state index is 10.9. The zero-order valence-electron chi connectivity index (χ0n) is 13.1. The van der Waals surface area contributed by atoms with Gasteiger partial charge >= 0.3 is 0 Å². The molecule has 4 nitrogen and oxygen atoms in total. The molecule has 0 amide bonds. The fourth-order valence-corrected chi connectivity index (χ4v) is 2.67. The second kappa shape index (κ2) is 7.39. The summed E-state index contributed by atoms with van der Waals surface area (Å²) >= 11 is 0. The van der Waals surface area contributed by atoms with Crippen LogP contribution in [0.2, 0.25) is 0 Å². The lowest BCUT2D eigenvalue weighted by Crippen LogP contribution is -2.29. The summed E-state index contributed by atoms with van der Waals surface area (Å²) in [6, 6.07) is 5.27. The molecular formula is C16H26N2O2. The Kier molecular flexibility index (Phi) is 6.14. The summed E-state index contributed by atoms with van der Waals surface area (Å²) in [6.07, 6.45) is 0. The van der Waals surface area contributed by atoms with Gasteiger partial charge in [0, 0.05) is 18.2 Å². The molecule has 1 rings (SSSR count). The van der Waals surface area contributed by atoms with Gasteiger partial charge in [-0.1, -0.05) is 39.8 Å². The predicted molar refractivity (Wildman–Crippen MR) is 82.7 cm³/mol. The highest BCUT2D eigenvalue weighted by atomic mass is 16.6. The van der Waals surface area contributed by atoms with E-state index in [1.165, 1.54) is 0 Å². The normalized spacial score (nSPS) is 11.6. The number of benzene rings is 1. The van der Waals surface area contributed by atoms with Gasteiger partial charge in [-0.3, -0.25) is 10.1 Å². The fraction of sp³-hybridized carbons (Fsp3) is 0.625. The van der Waals surface area contributed by atoms with E-state index in [-0.39, 0.29) is 10.6 Å². The van der Waals surface area contributed by atoms with Gasteiger partial charge in [0.15, 0.2) is 0 Å². The standard InChI is InChI=1S/C16H26N2O2/c1-11(2)15(12(3)4)10-17-9-14-7-6-8-16(13(14)5)18(19)20/h6-8,11-12,15,17H,9-10H2,1-5H3. The Hall–Kier alpha value is -1.42. The number of nitrogens with zero attached hydrogens (tertiary/aromatic N) is 1. The first kappa shape index (κ1) is 16.6. The molecule has 0 aromatic heterocycles. The minimum Gasteiger partial charge on any atom is -0.312 e. The fourth-order valence-electron chi connectivity index (χ4n) is 2.67. The third-order valence-electron chi connectivity index (χ3n) is 4.02. The van der Waals surface area contributed by atoms with Crippen molar-refractivity contribution >= 4 is 5.69 Å². The Balaban J connectivity index is 2.67. The average molecular weight is 278 g/mol. The topological polar surface area (TPSA) is 55.2 Å². The minimum atomic E-state index is -0.316. The van der Waals surface area contributed by atoms with Crippen molar-refractivity contribution in [2.75, 3.05) is 6.54 Å². The third kappa shape index (κ3) is 4.30. The van der Waals surface area contributed by atoms with Crippen molar-refractivity contribution in [2.24, 2.45) is 17.8 Å². The molecular weight excluding hydrogens is 252 g/mol. The molecule has 0 heterocycles. The highest BCUT2D eigenvalue weighted by molar-refractivity contribution is 5.44. The largest absolute Gasteiger partial charge is 0.312 e. The van der Waals surface area contributed by atoms with E-state index in [1.54, 1.807) is 12.1 Å². The Bertz CT molecular complexity index is 448. The van der Waals surface area contributed by atoms with Crippen LogP contribution in [0.5, 0.6) is 0 Å². The molecule has 1 aromatic rings. The van der Waals surface area contributed by atoms with Crippen LogP contribution >= 0.6 is 0 Å². The van der Waals surface area contributed by atoms with E-state index in [4.69, 9.17) is 0 Å². The smallest absolute Gasteiger partial charge is 0.272 e. The van der Waals surface area contributed by atoms with E-state index in [0.717, 1.165) is 17.7 Å². The lowest BCUT2D eigenvalue weighted by Gasteiger charge is -2.25. The summed E-state index contributed by atoms with van der Waals surface area (Å²) in [5.74, 6) is 1.89. The SMILES string of the molecule is Cc1c(CNCC(C(C)C)C(C)C)cccc1[N+](=O)[O-]. The van der Waals surface area contributed by atoms with E-state index in [1.807, 2.05) is 13.0 Å². The zero-order chi connectivity index (χ0) is 15.3. The summed E-state index contributed by atoms with van der Waals surface area (Å²) in [6.45, 7) is 12.4. The monoisotopic (exact) mass is 278 g/mol. The van der Waals surface area contributed by atoms with Crippen molar-refractivity contribution in [3.63, 3.8) is 0 Å². The maximum Gasteiger partial charge on any atom is 0.272 e. The first-order valence-corrected chi connectivity index (χ1v) is 7.28. The van der Waals surface area contributed by atoms with Gasteiger partial charge in [0.25, 0.3) is 5.69 Å². The Labute approximate surface area is 121 Å². The van der Waals surface area contributed by atoms with Crippen molar-refractivity contribution in [1.82, 2.24) is 5.32 Å². The first-order valence-electron chi connectivity index (χ1n) is 7.28. The Morgan fingerprint density at radius 3 is 2.30 bits per heavy atom. The van der Waals surface area contributed by atoms with E-state index >= 15 is 0 Å². The van der Waals surface area contributed by atoms with Crippen LogP contribution in [0.3, 0.4) is 0 Å². The Morgan fingerprint density at radius 2 is 1.80 bits per heavy atom. The molecule has 1 aromatic carbocycles. The second-order valence-electron chi connectivity index (χ2n) is 6.10. The Morgan fingerprint density at radius 1 is 1.20 bits per heavy atom. The van der Waals surface area contributed by atoms with E-state index in [2.05, 4.69) is 33.0 Å². The van der Waals surface area contributed by atoms with Gasteiger partial charge in [-0.2, -0.15) is 0 Å². The van der Waals surface area contributed by atoms with Crippen molar-refractivity contribution in [3.8, 4) is 0 Å². The summed E-state index contributed by atoms with van der Waals surface area (Å²) in [5, 5.41) is 14.4. The molecule has 0 atom stereocenters. The number of nitro benzene ring substituents is 1.